The van der Waals surface area contributed by atoms with Gasteiger partial charge in [0.25, 0.3) is 0 Å². The van der Waals surface area contributed by atoms with E-state index in [-0.39, 0.29) is 11.6 Å². The molecule has 276 valence electrons. The lowest BCUT2D eigenvalue weighted by Gasteiger charge is -2.46. The van der Waals surface area contributed by atoms with Crippen LogP contribution in [-0.2, 0) is 9.59 Å². The van der Waals surface area contributed by atoms with Gasteiger partial charge in [0, 0.05) is 12.8 Å². The highest BCUT2D eigenvalue weighted by Crippen LogP contribution is 2.34. The number of hydrogen-bond acceptors (Lipinski definition) is 5. The van der Waals surface area contributed by atoms with Gasteiger partial charge in [-0.05, 0) is 92.3 Å². The first-order valence-electron chi connectivity index (χ1n) is 20.3. The van der Waals surface area contributed by atoms with Gasteiger partial charge in [0.1, 0.15) is 11.2 Å². The lowest BCUT2D eigenvalue weighted by molar-refractivity contribution is -0.148. The summed E-state index contributed by atoms with van der Waals surface area (Å²) in [4.78, 5) is 27.5. The molecule has 0 radical (unpaired) electrons. The number of unbranched alkanes of at least 4 members (excludes halogenated alkanes) is 22. The summed E-state index contributed by atoms with van der Waals surface area (Å²) in [6, 6.07) is 0. The van der Waals surface area contributed by atoms with Crippen LogP contribution in [0.1, 0.15) is 201 Å². The molecule has 0 spiro atoms. The summed E-state index contributed by atoms with van der Waals surface area (Å²) in [5.41, 5.74) is -1.17. The molecular weight excluding hydrogens is 578 g/mol. The molecule has 0 unspecified atom stereocenters. The van der Waals surface area contributed by atoms with E-state index >= 15 is 0 Å². The van der Waals surface area contributed by atoms with Crippen LogP contribution in [0.3, 0.4) is 0 Å². The van der Waals surface area contributed by atoms with Crippen LogP contribution >= 0.6 is 0 Å². The molecule has 0 aliphatic carbocycles. The first-order valence-corrected chi connectivity index (χ1v) is 20.3. The van der Waals surface area contributed by atoms with Gasteiger partial charge in [-0.3, -0.25) is 25.5 Å². The summed E-state index contributed by atoms with van der Waals surface area (Å²) in [5, 5.41) is 9.75. The van der Waals surface area contributed by atoms with Crippen LogP contribution in [-0.4, -0.2) is 38.5 Å². The maximum atomic E-state index is 13.8. The van der Waals surface area contributed by atoms with Crippen LogP contribution in [0.4, 0.5) is 0 Å². The minimum absolute atomic E-state index is 0.0333. The van der Waals surface area contributed by atoms with Crippen LogP contribution in [0, 0.1) is 5.41 Å². The molecule has 0 aliphatic rings. The Morgan fingerprint density at radius 1 is 0.426 bits per heavy atom. The molecule has 5 heteroatoms. The van der Waals surface area contributed by atoms with E-state index in [1.807, 2.05) is 28.1 Å². The molecule has 0 atom stereocenters. The average molecular weight is 660 g/mol. The van der Waals surface area contributed by atoms with Gasteiger partial charge >= 0.3 is 0 Å². The molecule has 0 saturated heterocycles. The van der Waals surface area contributed by atoms with Crippen molar-refractivity contribution in [3.8, 4) is 0 Å². The largest absolute Gasteiger partial charge is 0.298 e. The molecule has 0 fully saturated rings. The fraction of sp³-hybridized carbons (Fsp3) is 0.857. The summed E-state index contributed by atoms with van der Waals surface area (Å²) >= 11 is 0. The van der Waals surface area contributed by atoms with Crippen molar-refractivity contribution in [2.24, 2.45) is 5.41 Å². The molecular formula is C42H81N3O2. The van der Waals surface area contributed by atoms with Crippen molar-refractivity contribution in [3.63, 3.8) is 0 Å². The van der Waals surface area contributed by atoms with Crippen molar-refractivity contribution in [3.05, 3.63) is 24.3 Å². The van der Waals surface area contributed by atoms with Crippen molar-refractivity contribution >= 4 is 11.6 Å². The van der Waals surface area contributed by atoms with Crippen molar-refractivity contribution < 1.29 is 9.59 Å². The summed E-state index contributed by atoms with van der Waals surface area (Å²) in [5.74, 6) is -0.901. The first kappa shape index (κ1) is 45.7. The Bertz CT molecular complexity index is 726. The lowest BCUT2D eigenvalue weighted by Crippen LogP contribution is -2.76. The van der Waals surface area contributed by atoms with Crippen LogP contribution < -0.4 is 16.0 Å². The molecule has 0 bridgehead atoms. The Kier molecular flexibility index (Phi) is 31.1. The minimum Gasteiger partial charge on any atom is -0.298 e. The molecule has 0 saturated carbocycles. The zero-order valence-corrected chi connectivity index (χ0v) is 32.4. The molecule has 0 aromatic carbocycles. The number of ketones is 2. The quantitative estimate of drug-likeness (QED) is 0.0270. The lowest BCUT2D eigenvalue weighted by atomic mass is 9.71. The molecule has 0 amide bonds. The third-order valence-corrected chi connectivity index (χ3v) is 10.3. The van der Waals surface area contributed by atoms with Crippen LogP contribution in [0.2, 0.25) is 0 Å². The Labute approximate surface area is 293 Å². The van der Waals surface area contributed by atoms with E-state index in [0.717, 1.165) is 51.4 Å². The second-order valence-corrected chi connectivity index (χ2v) is 14.1. The van der Waals surface area contributed by atoms with Gasteiger partial charge in [0.2, 0.25) is 0 Å². The Hall–Kier alpha value is -1.30. The zero-order valence-electron chi connectivity index (χ0n) is 32.4. The molecule has 47 heavy (non-hydrogen) atoms. The van der Waals surface area contributed by atoms with E-state index in [2.05, 4.69) is 54.1 Å². The van der Waals surface area contributed by atoms with Gasteiger partial charge in [-0.2, -0.15) is 0 Å². The molecule has 0 aliphatic heterocycles. The van der Waals surface area contributed by atoms with Gasteiger partial charge in [-0.1, -0.05) is 141 Å². The fourth-order valence-electron chi connectivity index (χ4n) is 6.91. The van der Waals surface area contributed by atoms with Crippen molar-refractivity contribution in [1.29, 1.82) is 0 Å². The zero-order chi connectivity index (χ0) is 34.9. The highest BCUT2D eigenvalue weighted by molar-refractivity contribution is 6.08. The molecule has 0 aromatic heterocycles. The van der Waals surface area contributed by atoms with E-state index in [4.69, 9.17) is 0 Å². The summed E-state index contributed by atoms with van der Waals surface area (Å²) in [6.07, 6.45) is 42.3. The summed E-state index contributed by atoms with van der Waals surface area (Å²) in [7, 11) is 5.45. The highest BCUT2D eigenvalue weighted by atomic mass is 16.2. The van der Waals surface area contributed by atoms with Gasteiger partial charge in [-0.25, -0.2) is 0 Å². The highest BCUT2D eigenvalue weighted by Gasteiger charge is 2.55. The standard InChI is InChI=1S/C42H81N3O2/c1-7-9-11-13-15-17-19-21-23-25-27-29-31-33-35-37-39(46)41(3,42(43-4,44-5)45-6)40(47)38-36-34-32-30-28-26-24-22-20-18-16-14-12-10-8-2/h21-24,43-45H,7-20,25-38H2,1-6H3. The number of rotatable bonds is 36. The van der Waals surface area contributed by atoms with Crippen molar-refractivity contribution in [2.75, 3.05) is 21.1 Å². The second kappa shape index (κ2) is 31.9. The van der Waals surface area contributed by atoms with Gasteiger partial charge in [0.15, 0.2) is 11.6 Å². The Morgan fingerprint density at radius 2 is 0.681 bits per heavy atom. The molecule has 5 nitrogen and oxygen atoms in total. The number of hydrogen-bond donors (Lipinski definition) is 3. The number of carbonyl (C=O) groups excluding carboxylic acids is 2. The Balaban J connectivity index is 4.40. The molecule has 3 N–H and O–H groups in total. The topological polar surface area (TPSA) is 70.2 Å². The third kappa shape index (κ3) is 20.7. The maximum Gasteiger partial charge on any atom is 0.150 e. The number of nitrogens with one attached hydrogen (secondary N) is 3. The fourth-order valence-corrected chi connectivity index (χ4v) is 6.91. The second-order valence-electron chi connectivity index (χ2n) is 14.1. The summed E-state index contributed by atoms with van der Waals surface area (Å²) in [6.45, 7) is 6.38. The number of carbonyl (C=O) groups is 2. The molecule has 0 aromatic rings. The SMILES string of the molecule is CCCCCCCCC=CCCCCCCCC(=O)C(C)(C(=O)CCCCCCCC=CCCCCCCCC)C(NC)(NC)NC. The van der Waals surface area contributed by atoms with Gasteiger partial charge < -0.3 is 0 Å². The van der Waals surface area contributed by atoms with Gasteiger partial charge in [-0.15, -0.1) is 0 Å². The predicted molar refractivity (Wildman–Crippen MR) is 207 cm³/mol. The molecule has 0 rings (SSSR count). The normalized spacial score (nSPS) is 13.6. The van der Waals surface area contributed by atoms with E-state index in [9.17, 15) is 9.59 Å². The van der Waals surface area contributed by atoms with E-state index in [1.165, 1.54) is 116 Å². The van der Waals surface area contributed by atoms with Gasteiger partial charge in [0.05, 0.1) is 0 Å². The van der Waals surface area contributed by atoms with E-state index in [0.29, 0.717) is 12.8 Å². The minimum atomic E-state index is -1.17. The number of allylic oxidation sites excluding steroid dienone is 4. The smallest absolute Gasteiger partial charge is 0.150 e. The summed E-state index contributed by atoms with van der Waals surface area (Å²) < 4.78 is 0. The van der Waals surface area contributed by atoms with Crippen molar-refractivity contribution in [1.82, 2.24) is 16.0 Å². The van der Waals surface area contributed by atoms with Crippen molar-refractivity contribution in [2.45, 2.75) is 206 Å². The number of Topliss-reactive ketones (excluding diaryl/α,β-unsaturated/α-hetero) is 2. The van der Waals surface area contributed by atoms with E-state index in [1.54, 1.807) is 0 Å². The Morgan fingerprint density at radius 3 is 0.957 bits per heavy atom. The molecule has 0 heterocycles. The first-order chi connectivity index (χ1) is 22.9. The van der Waals surface area contributed by atoms with Crippen LogP contribution in [0.5, 0.6) is 0 Å². The monoisotopic (exact) mass is 660 g/mol. The predicted octanol–water partition coefficient (Wildman–Crippen LogP) is 11.5. The maximum absolute atomic E-state index is 13.8. The van der Waals surface area contributed by atoms with Crippen LogP contribution in [0.15, 0.2) is 24.3 Å². The van der Waals surface area contributed by atoms with Crippen LogP contribution in [0.25, 0.3) is 0 Å². The average Bonchev–Trinajstić information content (AvgIpc) is 3.08. The third-order valence-electron chi connectivity index (χ3n) is 10.3. The van der Waals surface area contributed by atoms with E-state index < -0.39 is 11.2 Å².